The minimum absolute atomic E-state index is 0.0907. The summed E-state index contributed by atoms with van der Waals surface area (Å²) in [7, 11) is 0. The van der Waals surface area contributed by atoms with Crippen molar-refractivity contribution >= 4 is 33.5 Å². The van der Waals surface area contributed by atoms with Crippen molar-refractivity contribution in [1.82, 2.24) is 10.3 Å². The second kappa shape index (κ2) is 7.20. The van der Waals surface area contributed by atoms with E-state index in [0.717, 1.165) is 15.2 Å². The molecule has 3 rings (SSSR count). The Hall–Kier alpha value is -2.46. The van der Waals surface area contributed by atoms with Crippen molar-refractivity contribution in [2.45, 2.75) is 12.8 Å². The highest BCUT2D eigenvalue weighted by atomic mass is 32.1. The number of carbonyl (C=O) groups excluding carboxylic acids is 1. The molecule has 116 valence electrons. The first kappa shape index (κ1) is 15.4. The first-order chi connectivity index (χ1) is 11.2. The van der Waals surface area contributed by atoms with Crippen molar-refractivity contribution in [1.29, 1.82) is 0 Å². The lowest BCUT2D eigenvalue weighted by Crippen LogP contribution is -2.25. The van der Waals surface area contributed by atoms with E-state index in [1.165, 1.54) is 5.56 Å². The summed E-state index contributed by atoms with van der Waals surface area (Å²) in [5, 5.41) is 3.78. The van der Waals surface area contributed by atoms with Gasteiger partial charge in [0.1, 0.15) is 5.01 Å². The van der Waals surface area contributed by atoms with Crippen LogP contribution in [-0.2, 0) is 4.79 Å². The van der Waals surface area contributed by atoms with Crippen molar-refractivity contribution in [3.05, 3.63) is 71.2 Å². The topological polar surface area (TPSA) is 42.0 Å². The number of nitrogens with one attached hydrogen (secondary N) is 1. The second-order valence-corrected chi connectivity index (χ2v) is 6.47. The predicted octanol–water partition coefficient (Wildman–Crippen LogP) is 4.23. The number of aromatic nitrogens is 1. The molecule has 0 radical (unpaired) electrons. The molecule has 0 saturated heterocycles. The van der Waals surface area contributed by atoms with E-state index in [4.69, 9.17) is 0 Å². The molecule has 0 aliphatic rings. The van der Waals surface area contributed by atoms with Crippen LogP contribution < -0.4 is 5.32 Å². The molecule has 2 aromatic carbocycles. The quantitative estimate of drug-likeness (QED) is 0.714. The fraction of sp³-hybridized carbons (Fsp3) is 0.158. The Kier molecular flexibility index (Phi) is 4.83. The Balaban J connectivity index is 1.56. The lowest BCUT2D eigenvalue weighted by Gasteiger charge is -2.11. The normalized spacial score (nSPS) is 12.6. The monoisotopic (exact) mass is 322 g/mol. The number of carbonyl (C=O) groups is 1. The first-order valence-electron chi connectivity index (χ1n) is 7.59. The summed E-state index contributed by atoms with van der Waals surface area (Å²) in [5.41, 5.74) is 2.19. The molecule has 4 heteroatoms. The highest BCUT2D eigenvalue weighted by Gasteiger charge is 2.06. The summed E-state index contributed by atoms with van der Waals surface area (Å²) >= 11 is 1.58. The molecule has 0 fully saturated rings. The van der Waals surface area contributed by atoms with Gasteiger partial charge < -0.3 is 5.32 Å². The molecule has 0 spiro atoms. The molecule has 1 unspecified atom stereocenters. The maximum Gasteiger partial charge on any atom is 0.244 e. The molecule has 0 bridgehead atoms. The third kappa shape index (κ3) is 4.05. The smallest absolute Gasteiger partial charge is 0.244 e. The molecular formula is C19H18N2OS. The number of benzene rings is 2. The summed E-state index contributed by atoms with van der Waals surface area (Å²) in [6.07, 6.45) is 3.32. The molecule has 23 heavy (non-hydrogen) atoms. The molecule has 3 aromatic rings. The van der Waals surface area contributed by atoms with Gasteiger partial charge in [0.15, 0.2) is 0 Å². The van der Waals surface area contributed by atoms with Gasteiger partial charge in [-0.1, -0.05) is 49.4 Å². The Labute approximate surface area is 139 Å². The highest BCUT2D eigenvalue weighted by Crippen LogP contribution is 2.22. The Bertz CT molecular complexity index is 791. The summed E-state index contributed by atoms with van der Waals surface area (Å²) in [6.45, 7) is 2.72. The van der Waals surface area contributed by atoms with Crippen LogP contribution in [0.25, 0.3) is 16.3 Å². The van der Waals surface area contributed by atoms with Crippen LogP contribution in [0.2, 0.25) is 0 Å². The lowest BCUT2D eigenvalue weighted by atomic mass is 10.0. The number of hydrogen-bond acceptors (Lipinski definition) is 3. The molecule has 1 amide bonds. The second-order valence-electron chi connectivity index (χ2n) is 5.41. The molecule has 1 aromatic heterocycles. The zero-order valence-electron chi connectivity index (χ0n) is 12.9. The molecular weight excluding hydrogens is 304 g/mol. The number of amides is 1. The van der Waals surface area contributed by atoms with E-state index in [2.05, 4.69) is 29.4 Å². The van der Waals surface area contributed by atoms with Crippen LogP contribution in [0.4, 0.5) is 0 Å². The molecule has 1 atom stereocenters. The van der Waals surface area contributed by atoms with E-state index < -0.39 is 0 Å². The predicted molar refractivity (Wildman–Crippen MR) is 96.5 cm³/mol. The van der Waals surface area contributed by atoms with E-state index in [1.807, 2.05) is 42.5 Å². The Morgan fingerprint density at radius 1 is 1.17 bits per heavy atom. The van der Waals surface area contributed by atoms with Gasteiger partial charge in [-0.15, -0.1) is 11.3 Å². The van der Waals surface area contributed by atoms with Gasteiger partial charge in [0.25, 0.3) is 0 Å². The fourth-order valence-corrected chi connectivity index (χ4v) is 3.19. The summed E-state index contributed by atoms with van der Waals surface area (Å²) in [6, 6.07) is 18.1. The zero-order chi connectivity index (χ0) is 16.1. The Morgan fingerprint density at radius 3 is 2.70 bits per heavy atom. The number of para-hydroxylation sites is 1. The third-order valence-electron chi connectivity index (χ3n) is 3.64. The van der Waals surface area contributed by atoms with Gasteiger partial charge in [-0.05, 0) is 29.7 Å². The molecule has 1 N–H and O–H groups in total. The Morgan fingerprint density at radius 2 is 1.91 bits per heavy atom. The van der Waals surface area contributed by atoms with E-state index >= 15 is 0 Å². The van der Waals surface area contributed by atoms with Crippen LogP contribution in [0.1, 0.15) is 23.4 Å². The third-order valence-corrected chi connectivity index (χ3v) is 4.64. The van der Waals surface area contributed by atoms with Crippen LogP contribution in [0.5, 0.6) is 0 Å². The minimum atomic E-state index is -0.0907. The van der Waals surface area contributed by atoms with Crippen LogP contribution in [0.3, 0.4) is 0 Å². The van der Waals surface area contributed by atoms with Crippen LogP contribution in [0.15, 0.2) is 60.7 Å². The standard InChI is InChI=1S/C19H18N2OS/c1-14(15-7-3-2-4-8-15)13-20-18(22)11-12-19-21-16-9-5-6-10-17(16)23-19/h2-12,14H,13H2,1H3,(H,20,22)/b12-11+. The van der Waals surface area contributed by atoms with Crippen molar-refractivity contribution in [2.24, 2.45) is 0 Å². The SMILES string of the molecule is CC(CNC(=O)/C=C/c1nc2ccccc2s1)c1ccccc1. The summed E-state index contributed by atoms with van der Waals surface area (Å²) in [5.74, 6) is 0.197. The van der Waals surface area contributed by atoms with Crippen molar-refractivity contribution in [2.75, 3.05) is 6.54 Å². The highest BCUT2D eigenvalue weighted by molar-refractivity contribution is 7.19. The summed E-state index contributed by atoms with van der Waals surface area (Å²) < 4.78 is 1.13. The maximum atomic E-state index is 11.9. The maximum absolute atomic E-state index is 11.9. The van der Waals surface area contributed by atoms with Crippen molar-refractivity contribution in [3.63, 3.8) is 0 Å². The van der Waals surface area contributed by atoms with E-state index in [1.54, 1.807) is 23.5 Å². The molecule has 0 saturated carbocycles. The molecule has 0 aliphatic carbocycles. The van der Waals surface area contributed by atoms with Gasteiger partial charge >= 0.3 is 0 Å². The average Bonchev–Trinajstić information content (AvgIpc) is 3.01. The van der Waals surface area contributed by atoms with E-state index in [-0.39, 0.29) is 11.8 Å². The largest absolute Gasteiger partial charge is 0.352 e. The summed E-state index contributed by atoms with van der Waals surface area (Å²) in [4.78, 5) is 16.4. The van der Waals surface area contributed by atoms with Crippen LogP contribution >= 0.6 is 11.3 Å². The average molecular weight is 322 g/mol. The number of hydrogen-bond donors (Lipinski definition) is 1. The van der Waals surface area contributed by atoms with Gasteiger partial charge in [-0.2, -0.15) is 0 Å². The molecule has 3 nitrogen and oxygen atoms in total. The van der Waals surface area contributed by atoms with Crippen molar-refractivity contribution < 1.29 is 4.79 Å². The van der Waals surface area contributed by atoms with Crippen LogP contribution in [0, 0.1) is 0 Å². The van der Waals surface area contributed by atoms with Gasteiger partial charge in [0.05, 0.1) is 10.2 Å². The molecule has 1 heterocycles. The fourth-order valence-electron chi connectivity index (χ4n) is 2.32. The van der Waals surface area contributed by atoms with Gasteiger partial charge in [-0.25, -0.2) is 4.98 Å². The number of rotatable bonds is 5. The lowest BCUT2D eigenvalue weighted by molar-refractivity contribution is -0.116. The van der Waals surface area contributed by atoms with E-state index in [9.17, 15) is 4.79 Å². The van der Waals surface area contributed by atoms with Crippen molar-refractivity contribution in [3.8, 4) is 0 Å². The minimum Gasteiger partial charge on any atom is -0.352 e. The van der Waals surface area contributed by atoms with Gasteiger partial charge in [0.2, 0.25) is 5.91 Å². The number of fused-ring (bicyclic) bond motifs is 1. The van der Waals surface area contributed by atoms with Gasteiger partial charge in [-0.3, -0.25) is 4.79 Å². The zero-order valence-corrected chi connectivity index (χ0v) is 13.7. The number of thiazole rings is 1. The van der Waals surface area contributed by atoms with Crippen LogP contribution in [-0.4, -0.2) is 17.4 Å². The van der Waals surface area contributed by atoms with E-state index in [0.29, 0.717) is 6.54 Å². The number of nitrogens with zero attached hydrogens (tertiary/aromatic N) is 1. The molecule has 0 aliphatic heterocycles. The van der Waals surface area contributed by atoms with Gasteiger partial charge in [0, 0.05) is 12.6 Å². The first-order valence-corrected chi connectivity index (χ1v) is 8.40.